The summed E-state index contributed by atoms with van der Waals surface area (Å²) in [6.45, 7) is -0.503. The molecule has 8 heteroatoms. The van der Waals surface area contributed by atoms with Crippen molar-refractivity contribution in [1.82, 2.24) is 10.2 Å². The van der Waals surface area contributed by atoms with E-state index in [1.54, 1.807) is 0 Å². The summed E-state index contributed by atoms with van der Waals surface area (Å²) in [6.07, 6.45) is 2.05. The van der Waals surface area contributed by atoms with Crippen molar-refractivity contribution in [2.24, 2.45) is 0 Å². The summed E-state index contributed by atoms with van der Waals surface area (Å²) < 4.78 is 13.9. The van der Waals surface area contributed by atoms with Gasteiger partial charge in [0.1, 0.15) is 17.9 Å². The minimum absolute atomic E-state index is 0.0702. The number of amides is 4. The first kappa shape index (κ1) is 18.4. The Morgan fingerprint density at radius 2 is 2.04 bits per heavy atom. The van der Waals surface area contributed by atoms with E-state index in [-0.39, 0.29) is 10.7 Å². The fourth-order valence-corrected chi connectivity index (χ4v) is 4.04. The van der Waals surface area contributed by atoms with Crippen molar-refractivity contribution in [2.45, 2.75) is 24.8 Å². The van der Waals surface area contributed by atoms with E-state index in [0.29, 0.717) is 6.42 Å². The van der Waals surface area contributed by atoms with Gasteiger partial charge in [0.25, 0.3) is 5.91 Å². The molecule has 6 nitrogen and oxygen atoms in total. The molecule has 0 unspecified atom stereocenters. The van der Waals surface area contributed by atoms with Crippen LogP contribution < -0.4 is 10.6 Å². The molecule has 4 rings (SSSR count). The lowest BCUT2D eigenvalue weighted by Gasteiger charge is -2.33. The Kier molecular flexibility index (Phi) is 4.55. The SMILES string of the molecule is O=C(CN1C(=O)N[C@@]2(CCCc3ccccc32)C1=O)Nc1ccc(Cl)cc1F. The molecule has 1 atom stereocenters. The van der Waals surface area contributed by atoms with Crippen molar-refractivity contribution in [1.29, 1.82) is 0 Å². The maximum atomic E-state index is 13.9. The molecule has 1 aliphatic carbocycles. The predicted octanol–water partition coefficient (Wildman–Crippen LogP) is 3.20. The Hall–Kier alpha value is -2.93. The monoisotopic (exact) mass is 401 g/mol. The third kappa shape index (κ3) is 3.01. The number of rotatable bonds is 3. The van der Waals surface area contributed by atoms with Crippen molar-refractivity contribution in [2.75, 3.05) is 11.9 Å². The van der Waals surface area contributed by atoms with E-state index in [1.165, 1.54) is 12.1 Å². The van der Waals surface area contributed by atoms with Gasteiger partial charge in [0.15, 0.2) is 0 Å². The number of fused-ring (bicyclic) bond motifs is 2. The predicted molar refractivity (Wildman–Crippen MR) is 101 cm³/mol. The van der Waals surface area contributed by atoms with Gasteiger partial charge in [0.2, 0.25) is 5.91 Å². The highest BCUT2D eigenvalue weighted by molar-refractivity contribution is 6.30. The van der Waals surface area contributed by atoms with Gasteiger partial charge in [0.05, 0.1) is 5.69 Å². The third-order valence-electron chi connectivity index (χ3n) is 5.16. The fraction of sp³-hybridized carbons (Fsp3) is 0.250. The van der Waals surface area contributed by atoms with E-state index >= 15 is 0 Å². The summed E-state index contributed by atoms with van der Waals surface area (Å²) in [5.41, 5.74) is 0.569. The molecule has 28 heavy (non-hydrogen) atoms. The van der Waals surface area contributed by atoms with Gasteiger partial charge in [-0.15, -0.1) is 0 Å². The standard InChI is InChI=1S/C20H17ClFN3O3/c21-13-7-8-16(15(22)10-13)23-17(26)11-25-18(27)20(24-19(25)28)9-3-5-12-4-1-2-6-14(12)20/h1-2,4,6-8,10H,3,5,9,11H2,(H,23,26)(H,24,28)/t20-/m1/s1. The van der Waals surface area contributed by atoms with Crippen LogP contribution in [0.3, 0.4) is 0 Å². The molecule has 0 aromatic heterocycles. The fourth-order valence-electron chi connectivity index (χ4n) is 3.88. The minimum atomic E-state index is -1.14. The van der Waals surface area contributed by atoms with Gasteiger partial charge in [0, 0.05) is 5.02 Å². The zero-order chi connectivity index (χ0) is 19.9. The van der Waals surface area contributed by atoms with E-state index in [1.807, 2.05) is 24.3 Å². The summed E-state index contributed by atoms with van der Waals surface area (Å²) in [7, 11) is 0. The second kappa shape index (κ2) is 6.91. The number of nitrogens with one attached hydrogen (secondary N) is 2. The molecule has 2 aliphatic rings. The van der Waals surface area contributed by atoms with E-state index < -0.39 is 35.7 Å². The van der Waals surface area contributed by atoms with Crippen molar-refractivity contribution in [3.05, 3.63) is 64.4 Å². The Bertz CT molecular complexity index is 996. The summed E-state index contributed by atoms with van der Waals surface area (Å²) in [4.78, 5) is 38.8. The third-order valence-corrected chi connectivity index (χ3v) is 5.39. The Labute approximate surface area is 165 Å². The van der Waals surface area contributed by atoms with Crippen LogP contribution in [0.5, 0.6) is 0 Å². The Morgan fingerprint density at radius 1 is 1.25 bits per heavy atom. The molecule has 2 aromatic rings. The number of halogens is 2. The number of urea groups is 1. The quantitative estimate of drug-likeness (QED) is 0.775. The average Bonchev–Trinajstić information content (AvgIpc) is 2.89. The van der Waals surface area contributed by atoms with Crippen molar-refractivity contribution in [3.8, 4) is 0 Å². The number of imide groups is 1. The topological polar surface area (TPSA) is 78.5 Å². The number of hydrogen-bond acceptors (Lipinski definition) is 3. The number of benzene rings is 2. The molecule has 0 radical (unpaired) electrons. The minimum Gasteiger partial charge on any atom is -0.322 e. The second-order valence-electron chi connectivity index (χ2n) is 6.91. The normalized spacial score (nSPS) is 20.9. The zero-order valence-corrected chi connectivity index (χ0v) is 15.6. The van der Waals surface area contributed by atoms with Crippen LogP contribution in [0.4, 0.5) is 14.9 Å². The van der Waals surface area contributed by atoms with E-state index in [4.69, 9.17) is 11.6 Å². The molecule has 2 aromatic carbocycles. The molecule has 2 N–H and O–H groups in total. The van der Waals surface area contributed by atoms with Crippen molar-refractivity contribution in [3.63, 3.8) is 0 Å². The first-order valence-electron chi connectivity index (χ1n) is 8.88. The highest BCUT2D eigenvalue weighted by Gasteiger charge is 2.54. The molecule has 0 saturated carbocycles. The van der Waals surface area contributed by atoms with Crippen LogP contribution in [0.25, 0.3) is 0 Å². The van der Waals surface area contributed by atoms with Gasteiger partial charge in [-0.2, -0.15) is 0 Å². The van der Waals surface area contributed by atoms with Crippen LogP contribution in [-0.2, 0) is 21.5 Å². The lowest BCUT2D eigenvalue weighted by molar-refractivity contribution is -0.134. The number of nitrogens with zero attached hydrogens (tertiary/aromatic N) is 1. The van der Waals surface area contributed by atoms with Crippen LogP contribution >= 0.6 is 11.6 Å². The number of carbonyl (C=O) groups is 3. The van der Waals surface area contributed by atoms with Gasteiger partial charge >= 0.3 is 6.03 Å². The summed E-state index contributed by atoms with van der Waals surface area (Å²) >= 11 is 5.69. The summed E-state index contributed by atoms with van der Waals surface area (Å²) in [6, 6.07) is 10.7. The maximum Gasteiger partial charge on any atom is 0.325 e. The average molecular weight is 402 g/mol. The lowest BCUT2D eigenvalue weighted by atomic mass is 9.76. The molecular weight excluding hydrogens is 385 g/mol. The molecule has 1 spiro atoms. The lowest BCUT2D eigenvalue weighted by Crippen LogP contribution is -2.47. The van der Waals surface area contributed by atoms with Crippen molar-refractivity contribution >= 4 is 35.1 Å². The number of aryl methyl sites for hydroxylation is 1. The number of anilines is 1. The summed E-state index contributed by atoms with van der Waals surface area (Å²) in [5, 5.41) is 5.35. The van der Waals surface area contributed by atoms with Gasteiger partial charge < -0.3 is 10.6 Å². The van der Waals surface area contributed by atoms with Gasteiger partial charge in [-0.25, -0.2) is 9.18 Å². The number of carbonyl (C=O) groups excluding carboxylic acids is 3. The van der Waals surface area contributed by atoms with Crippen LogP contribution in [0.1, 0.15) is 24.0 Å². The Balaban J connectivity index is 1.55. The molecule has 1 fully saturated rings. The zero-order valence-electron chi connectivity index (χ0n) is 14.8. The summed E-state index contributed by atoms with van der Waals surface area (Å²) in [5.74, 6) is -1.84. The van der Waals surface area contributed by atoms with Crippen LogP contribution in [-0.4, -0.2) is 29.3 Å². The Morgan fingerprint density at radius 3 is 2.82 bits per heavy atom. The molecule has 1 saturated heterocycles. The highest BCUT2D eigenvalue weighted by atomic mass is 35.5. The smallest absolute Gasteiger partial charge is 0.322 e. The number of hydrogen-bond donors (Lipinski definition) is 2. The van der Waals surface area contributed by atoms with E-state index in [2.05, 4.69) is 10.6 Å². The van der Waals surface area contributed by atoms with Crippen LogP contribution in [0, 0.1) is 5.82 Å². The van der Waals surface area contributed by atoms with E-state index in [0.717, 1.165) is 34.9 Å². The highest BCUT2D eigenvalue weighted by Crippen LogP contribution is 2.39. The molecule has 1 heterocycles. The molecule has 0 bridgehead atoms. The van der Waals surface area contributed by atoms with Gasteiger partial charge in [-0.05, 0) is 48.6 Å². The maximum absolute atomic E-state index is 13.9. The van der Waals surface area contributed by atoms with Gasteiger partial charge in [-0.3, -0.25) is 14.5 Å². The van der Waals surface area contributed by atoms with Crippen LogP contribution in [0.2, 0.25) is 5.02 Å². The van der Waals surface area contributed by atoms with Crippen LogP contribution in [0.15, 0.2) is 42.5 Å². The molecule has 144 valence electrons. The molecule has 4 amide bonds. The van der Waals surface area contributed by atoms with E-state index in [9.17, 15) is 18.8 Å². The van der Waals surface area contributed by atoms with Crippen molar-refractivity contribution < 1.29 is 18.8 Å². The largest absolute Gasteiger partial charge is 0.325 e. The van der Waals surface area contributed by atoms with Gasteiger partial charge in [-0.1, -0.05) is 35.9 Å². The first-order chi connectivity index (χ1) is 13.4. The molecule has 1 aliphatic heterocycles. The molecular formula is C20H17ClFN3O3. The second-order valence-corrected chi connectivity index (χ2v) is 7.35. The first-order valence-corrected chi connectivity index (χ1v) is 9.26.